The van der Waals surface area contributed by atoms with Crippen molar-refractivity contribution in [2.24, 2.45) is 5.73 Å². The maximum atomic E-state index is 11.0. The highest BCUT2D eigenvalue weighted by atomic mass is 16.5. The number of ether oxygens (including phenoxy) is 1. The summed E-state index contributed by atoms with van der Waals surface area (Å²) >= 11 is 0. The van der Waals surface area contributed by atoms with E-state index >= 15 is 0 Å². The zero-order valence-corrected chi connectivity index (χ0v) is 11.3. The molecule has 0 aliphatic rings. The van der Waals surface area contributed by atoms with Crippen molar-refractivity contribution in [3.05, 3.63) is 29.3 Å². The fraction of sp³-hybridized carbons (Fsp3) is 0.500. The molecule has 0 spiro atoms. The Bertz CT molecular complexity index is 403. The summed E-state index contributed by atoms with van der Waals surface area (Å²) in [6.07, 6.45) is 1.21. The van der Waals surface area contributed by atoms with E-state index in [0.29, 0.717) is 19.4 Å². The van der Waals surface area contributed by atoms with Gasteiger partial charge in [0.05, 0.1) is 6.61 Å². The molecule has 0 aliphatic carbocycles. The number of amides is 1. The fourth-order valence-corrected chi connectivity index (χ4v) is 1.66. The van der Waals surface area contributed by atoms with E-state index in [1.807, 2.05) is 32.0 Å². The van der Waals surface area contributed by atoms with Crippen LogP contribution in [0, 0.1) is 6.92 Å². The van der Waals surface area contributed by atoms with E-state index in [4.69, 9.17) is 10.5 Å². The van der Waals surface area contributed by atoms with Gasteiger partial charge < -0.3 is 15.8 Å². The van der Waals surface area contributed by atoms with Gasteiger partial charge in [-0.2, -0.15) is 0 Å². The number of hydrogen-bond donors (Lipinski definition) is 2. The molecule has 0 saturated heterocycles. The molecule has 1 rings (SSSR count). The van der Waals surface area contributed by atoms with Gasteiger partial charge in [-0.3, -0.25) is 4.79 Å². The van der Waals surface area contributed by atoms with Crippen LogP contribution in [-0.4, -0.2) is 19.6 Å². The third kappa shape index (κ3) is 4.37. The lowest BCUT2D eigenvalue weighted by Gasteiger charge is -2.12. The van der Waals surface area contributed by atoms with E-state index in [2.05, 4.69) is 5.32 Å². The number of aryl methyl sites for hydroxylation is 1. The van der Waals surface area contributed by atoms with Gasteiger partial charge in [0, 0.05) is 19.5 Å². The Morgan fingerprint density at radius 3 is 2.78 bits per heavy atom. The quantitative estimate of drug-likeness (QED) is 0.758. The highest BCUT2D eigenvalue weighted by Gasteiger charge is 2.04. The summed E-state index contributed by atoms with van der Waals surface area (Å²) in [7, 11) is 1.64. The van der Waals surface area contributed by atoms with Gasteiger partial charge in [0.2, 0.25) is 5.91 Å². The number of nitrogens with one attached hydrogen (secondary N) is 1. The molecule has 0 fully saturated rings. The zero-order valence-electron chi connectivity index (χ0n) is 11.3. The van der Waals surface area contributed by atoms with Crippen molar-refractivity contribution < 1.29 is 9.53 Å². The SMILES string of the molecule is CNC(=O)CCCOc1ccc([C@@H](C)N)cc1C. The van der Waals surface area contributed by atoms with Crippen LogP contribution in [0.5, 0.6) is 5.75 Å². The van der Waals surface area contributed by atoms with E-state index in [0.717, 1.165) is 16.9 Å². The summed E-state index contributed by atoms with van der Waals surface area (Å²) in [5.74, 6) is 0.902. The van der Waals surface area contributed by atoms with Crippen molar-refractivity contribution in [1.82, 2.24) is 5.32 Å². The van der Waals surface area contributed by atoms with Gasteiger partial charge >= 0.3 is 0 Å². The molecule has 0 bridgehead atoms. The van der Waals surface area contributed by atoms with Crippen LogP contribution >= 0.6 is 0 Å². The molecule has 1 aromatic carbocycles. The minimum Gasteiger partial charge on any atom is -0.493 e. The Labute approximate surface area is 109 Å². The first-order chi connectivity index (χ1) is 8.54. The summed E-state index contributed by atoms with van der Waals surface area (Å²) in [5, 5.41) is 2.59. The van der Waals surface area contributed by atoms with Crippen molar-refractivity contribution in [3.8, 4) is 5.75 Å². The molecule has 1 atom stereocenters. The van der Waals surface area contributed by atoms with E-state index in [1.54, 1.807) is 7.05 Å². The number of carbonyl (C=O) groups is 1. The van der Waals surface area contributed by atoms with Crippen LogP contribution in [0.2, 0.25) is 0 Å². The Hall–Kier alpha value is -1.55. The van der Waals surface area contributed by atoms with Crippen LogP contribution in [0.4, 0.5) is 0 Å². The lowest BCUT2D eigenvalue weighted by Crippen LogP contribution is -2.18. The minimum absolute atomic E-state index is 0.0333. The van der Waals surface area contributed by atoms with Crippen LogP contribution in [0.3, 0.4) is 0 Å². The van der Waals surface area contributed by atoms with Crippen molar-refractivity contribution in [2.75, 3.05) is 13.7 Å². The molecule has 100 valence electrons. The minimum atomic E-state index is 0.0333. The maximum absolute atomic E-state index is 11.0. The molecule has 4 nitrogen and oxygen atoms in total. The molecule has 0 saturated carbocycles. The van der Waals surface area contributed by atoms with Gasteiger partial charge in [0.1, 0.15) is 5.75 Å². The largest absolute Gasteiger partial charge is 0.493 e. The molecule has 0 heterocycles. The Morgan fingerprint density at radius 2 is 2.22 bits per heavy atom. The van der Waals surface area contributed by atoms with Gasteiger partial charge in [-0.15, -0.1) is 0 Å². The van der Waals surface area contributed by atoms with E-state index < -0.39 is 0 Å². The predicted octanol–water partition coefficient (Wildman–Crippen LogP) is 1.92. The number of hydrogen-bond acceptors (Lipinski definition) is 3. The lowest BCUT2D eigenvalue weighted by molar-refractivity contribution is -0.120. The van der Waals surface area contributed by atoms with Crippen molar-refractivity contribution in [2.45, 2.75) is 32.7 Å². The summed E-state index contributed by atoms with van der Waals surface area (Å²) in [4.78, 5) is 11.0. The van der Waals surface area contributed by atoms with E-state index in [-0.39, 0.29) is 11.9 Å². The molecule has 0 radical (unpaired) electrons. The lowest BCUT2D eigenvalue weighted by atomic mass is 10.1. The van der Waals surface area contributed by atoms with Crippen LogP contribution in [-0.2, 0) is 4.79 Å². The smallest absolute Gasteiger partial charge is 0.219 e. The highest BCUT2D eigenvalue weighted by Crippen LogP contribution is 2.22. The standard InChI is InChI=1S/C14H22N2O2/c1-10-9-12(11(2)15)6-7-13(10)18-8-4-5-14(17)16-3/h6-7,9,11H,4-5,8,15H2,1-3H3,(H,16,17)/t11-/m1/s1. The molecule has 1 aromatic rings. The van der Waals surface area contributed by atoms with Crippen LogP contribution in [0.25, 0.3) is 0 Å². The van der Waals surface area contributed by atoms with Crippen LogP contribution in [0.15, 0.2) is 18.2 Å². The molecule has 0 aromatic heterocycles. The van der Waals surface area contributed by atoms with Gasteiger partial charge in [-0.05, 0) is 37.5 Å². The summed E-state index contributed by atoms with van der Waals surface area (Å²) in [6.45, 7) is 4.50. The summed E-state index contributed by atoms with van der Waals surface area (Å²) in [6, 6.07) is 5.99. The van der Waals surface area contributed by atoms with E-state index in [1.165, 1.54) is 0 Å². The number of carbonyl (C=O) groups excluding carboxylic acids is 1. The zero-order chi connectivity index (χ0) is 13.5. The fourth-order valence-electron chi connectivity index (χ4n) is 1.66. The van der Waals surface area contributed by atoms with Gasteiger partial charge in [0.15, 0.2) is 0 Å². The Morgan fingerprint density at radius 1 is 1.50 bits per heavy atom. The first-order valence-electron chi connectivity index (χ1n) is 6.24. The average molecular weight is 250 g/mol. The molecule has 4 heteroatoms. The van der Waals surface area contributed by atoms with Crippen LogP contribution < -0.4 is 15.8 Å². The molecule has 0 aliphatic heterocycles. The van der Waals surface area contributed by atoms with E-state index in [9.17, 15) is 4.79 Å². The Kier molecular flexibility index (Phi) is 5.65. The Balaban J connectivity index is 2.45. The van der Waals surface area contributed by atoms with Crippen LogP contribution in [0.1, 0.15) is 36.9 Å². The predicted molar refractivity (Wildman–Crippen MR) is 72.6 cm³/mol. The maximum Gasteiger partial charge on any atom is 0.219 e. The molecule has 0 unspecified atom stereocenters. The average Bonchev–Trinajstić information content (AvgIpc) is 2.35. The molecular formula is C14H22N2O2. The number of nitrogens with two attached hydrogens (primary N) is 1. The van der Waals surface area contributed by atoms with Crippen molar-refractivity contribution in [3.63, 3.8) is 0 Å². The highest BCUT2D eigenvalue weighted by molar-refractivity contribution is 5.75. The topological polar surface area (TPSA) is 64.3 Å². The number of benzene rings is 1. The second-order valence-corrected chi connectivity index (χ2v) is 4.44. The van der Waals surface area contributed by atoms with Gasteiger partial charge in [-0.25, -0.2) is 0 Å². The summed E-state index contributed by atoms with van der Waals surface area (Å²) in [5.41, 5.74) is 7.99. The summed E-state index contributed by atoms with van der Waals surface area (Å²) < 4.78 is 5.65. The molecule has 18 heavy (non-hydrogen) atoms. The molecule has 3 N–H and O–H groups in total. The van der Waals surface area contributed by atoms with Crippen molar-refractivity contribution >= 4 is 5.91 Å². The first kappa shape index (κ1) is 14.5. The monoisotopic (exact) mass is 250 g/mol. The molecule has 1 amide bonds. The first-order valence-corrected chi connectivity index (χ1v) is 6.24. The van der Waals surface area contributed by atoms with Gasteiger partial charge in [-0.1, -0.05) is 12.1 Å². The van der Waals surface area contributed by atoms with Crippen molar-refractivity contribution in [1.29, 1.82) is 0 Å². The third-order valence-corrected chi connectivity index (χ3v) is 2.81. The van der Waals surface area contributed by atoms with Gasteiger partial charge in [0.25, 0.3) is 0 Å². The second kappa shape index (κ2) is 7.01. The number of rotatable bonds is 6. The second-order valence-electron chi connectivity index (χ2n) is 4.44. The normalized spacial score (nSPS) is 12.0. The molecular weight excluding hydrogens is 228 g/mol. The third-order valence-electron chi connectivity index (χ3n) is 2.81.